The van der Waals surface area contributed by atoms with E-state index in [-0.39, 0.29) is 5.56 Å². The third kappa shape index (κ3) is 5.94. The number of hydrogen-bond acceptors (Lipinski definition) is 7. The lowest BCUT2D eigenvalue weighted by atomic mass is 10.1. The summed E-state index contributed by atoms with van der Waals surface area (Å²) in [6.45, 7) is 8.32. The van der Waals surface area contributed by atoms with E-state index in [4.69, 9.17) is 14.5 Å². The lowest BCUT2D eigenvalue weighted by Crippen LogP contribution is -2.50. The molecule has 0 bridgehead atoms. The van der Waals surface area contributed by atoms with E-state index in [2.05, 4.69) is 26.8 Å². The monoisotopic (exact) mass is 537 g/mol. The van der Waals surface area contributed by atoms with Gasteiger partial charge in [0.25, 0.3) is 5.56 Å². The van der Waals surface area contributed by atoms with Crippen LogP contribution >= 0.6 is 0 Å². The van der Waals surface area contributed by atoms with Crippen LogP contribution in [0, 0.1) is 6.92 Å². The standard InChI is InChI=1S/C32H35N5O3/c1-25-30(22-26-8-4-2-5-9-26)31(38)37-24-35(17-16-34-18-20-39-21-19-34)23-36(32(37)33-25)27-12-14-29(15-13-27)40-28-10-6-3-7-11-28/h2-15H,16-24H2,1H3. The molecule has 6 rings (SSSR count). The van der Waals surface area contributed by atoms with Crippen molar-refractivity contribution < 1.29 is 9.47 Å². The van der Waals surface area contributed by atoms with Crippen LogP contribution in [0.25, 0.3) is 0 Å². The maximum absolute atomic E-state index is 13.9. The molecular formula is C32H35N5O3. The lowest BCUT2D eigenvalue weighted by molar-refractivity contribution is 0.0310. The predicted octanol–water partition coefficient (Wildman–Crippen LogP) is 4.64. The average molecular weight is 538 g/mol. The van der Waals surface area contributed by atoms with Crippen LogP contribution in [0.3, 0.4) is 0 Å². The van der Waals surface area contributed by atoms with E-state index < -0.39 is 0 Å². The minimum atomic E-state index is 0.0245. The van der Waals surface area contributed by atoms with Gasteiger partial charge in [0, 0.05) is 43.9 Å². The molecule has 1 saturated heterocycles. The molecular weight excluding hydrogens is 502 g/mol. The van der Waals surface area contributed by atoms with Crippen LogP contribution < -0.4 is 15.2 Å². The molecule has 2 aliphatic rings. The van der Waals surface area contributed by atoms with Crippen LogP contribution in [0.15, 0.2) is 89.7 Å². The molecule has 1 aromatic heterocycles. The van der Waals surface area contributed by atoms with Crippen LogP contribution in [0.2, 0.25) is 0 Å². The number of hydrogen-bond donors (Lipinski definition) is 0. The topological polar surface area (TPSA) is 63.1 Å². The summed E-state index contributed by atoms with van der Waals surface area (Å²) >= 11 is 0. The van der Waals surface area contributed by atoms with Gasteiger partial charge in [-0.2, -0.15) is 0 Å². The molecule has 0 aliphatic carbocycles. The molecule has 4 aromatic rings. The summed E-state index contributed by atoms with van der Waals surface area (Å²) in [6.07, 6.45) is 0.568. The van der Waals surface area contributed by atoms with Crippen molar-refractivity contribution in [1.29, 1.82) is 0 Å². The van der Waals surface area contributed by atoms with Crippen LogP contribution in [-0.2, 0) is 17.8 Å². The Kier molecular flexibility index (Phi) is 7.90. The Morgan fingerprint density at radius 1 is 0.800 bits per heavy atom. The Labute approximate surface area is 235 Å². The van der Waals surface area contributed by atoms with Crippen LogP contribution in [-0.4, -0.2) is 65.4 Å². The second-order valence-electron chi connectivity index (χ2n) is 10.3. The first-order chi connectivity index (χ1) is 19.6. The zero-order valence-corrected chi connectivity index (χ0v) is 22.9. The number of aryl methyl sites for hydroxylation is 1. The number of ether oxygens (including phenoxy) is 2. The van der Waals surface area contributed by atoms with Crippen molar-refractivity contribution in [3.63, 3.8) is 0 Å². The summed E-state index contributed by atoms with van der Waals surface area (Å²) in [5.74, 6) is 2.23. The van der Waals surface area contributed by atoms with Gasteiger partial charge in [0.05, 0.1) is 32.2 Å². The van der Waals surface area contributed by atoms with E-state index in [1.54, 1.807) is 0 Å². The summed E-state index contributed by atoms with van der Waals surface area (Å²) in [5.41, 5.74) is 3.62. The summed E-state index contributed by atoms with van der Waals surface area (Å²) in [6, 6.07) is 27.9. The van der Waals surface area contributed by atoms with Gasteiger partial charge in [-0.1, -0.05) is 48.5 Å². The number of fused-ring (bicyclic) bond motifs is 1. The molecule has 3 heterocycles. The molecule has 8 heteroatoms. The molecule has 0 N–H and O–H groups in total. The molecule has 0 spiro atoms. The number of rotatable bonds is 8. The molecule has 0 saturated carbocycles. The third-order valence-corrected chi connectivity index (χ3v) is 7.56. The van der Waals surface area contributed by atoms with Gasteiger partial charge in [0.2, 0.25) is 5.95 Å². The van der Waals surface area contributed by atoms with E-state index in [0.29, 0.717) is 25.7 Å². The first kappa shape index (κ1) is 26.3. The van der Waals surface area contributed by atoms with E-state index in [1.807, 2.05) is 84.3 Å². The van der Waals surface area contributed by atoms with Gasteiger partial charge in [-0.25, -0.2) is 4.98 Å². The summed E-state index contributed by atoms with van der Waals surface area (Å²) < 4.78 is 13.4. The maximum Gasteiger partial charge on any atom is 0.259 e. The third-order valence-electron chi connectivity index (χ3n) is 7.56. The summed E-state index contributed by atoms with van der Waals surface area (Å²) in [4.78, 5) is 25.8. The van der Waals surface area contributed by atoms with E-state index >= 15 is 0 Å². The normalized spacial score (nSPS) is 16.1. The molecule has 0 atom stereocenters. The average Bonchev–Trinajstić information content (AvgIpc) is 3.00. The van der Waals surface area contributed by atoms with Crippen LogP contribution in [0.5, 0.6) is 11.5 Å². The van der Waals surface area contributed by atoms with Crippen LogP contribution in [0.1, 0.15) is 16.8 Å². The van der Waals surface area contributed by atoms with Crippen molar-refractivity contribution >= 4 is 11.6 Å². The molecule has 8 nitrogen and oxygen atoms in total. The van der Waals surface area contributed by atoms with E-state index in [9.17, 15) is 4.79 Å². The van der Waals surface area contributed by atoms with Gasteiger partial charge in [0.1, 0.15) is 11.5 Å². The van der Waals surface area contributed by atoms with Gasteiger partial charge in [-0.3, -0.25) is 24.1 Å². The highest BCUT2D eigenvalue weighted by atomic mass is 16.5. The number of morpholine rings is 1. The van der Waals surface area contributed by atoms with Crippen molar-refractivity contribution in [2.45, 2.75) is 20.0 Å². The fourth-order valence-electron chi connectivity index (χ4n) is 5.30. The second kappa shape index (κ2) is 12.0. The minimum Gasteiger partial charge on any atom is -0.457 e. The first-order valence-corrected chi connectivity index (χ1v) is 13.9. The Morgan fingerprint density at radius 2 is 1.45 bits per heavy atom. The van der Waals surface area contributed by atoms with Gasteiger partial charge in [-0.15, -0.1) is 0 Å². The molecule has 0 unspecified atom stereocenters. The number of anilines is 2. The molecule has 1 fully saturated rings. The number of para-hydroxylation sites is 1. The Balaban J connectivity index is 1.30. The van der Waals surface area contributed by atoms with Gasteiger partial charge in [-0.05, 0) is 48.9 Å². The lowest BCUT2D eigenvalue weighted by Gasteiger charge is -2.39. The van der Waals surface area contributed by atoms with Crippen molar-refractivity contribution in [2.75, 3.05) is 51.0 Å². The quantitative estimate of drug-likeness (QED) is 0.325. The fraction of sp³-hybridized carbons (Fsp3) is 0.312. The molecule has 0 amide bonds. The number of nitrogens with zero attached hydrogens (tertiary/aromatic N) is 5. The second-order valence-corrected chi connectivity index (χ2v) is 10.3. The van der Waals surface area contributed by atoms with Crippen molar-refractivity contribution in [1.82, 2.24) is 19.4 Å². The zero-order valence-electron chi connectivity index (χ0n) is 22.9. The van der Waals surface area contributed by atoms with Crippen molar-refractivity contribution in [2.24, 2.45) is 0 Å². The highest BCUT2D eigenvalue weighted by molar-refractivity contribution is 5.60. The first-order valence-electron chi connectivity index (χ1n) is 13.9. The zero-order chi connectivity index (χ0) is 27.3. The molecule has 3 aromatic carbocycles. The molecule has 0 radical (unpaired) electrons. The predicted molar refractivity (Wildman–Crippen MR) is 156 cm³/mol. The highest BCUT2D eigenvalue weighted by Gasteiger charge is 2.28. The summed E-state index contributed by atoms with van der Waals surface area (Å²) in [5, 5.41) is 0. The van der Waals surface area contributed by atoms with Gasteiger partial charge < -0.3 is 9.47 Å². The Morgan fingerprint density at radius 3 is 2.17 bits per heavy atom. The smallest absolute Gasteiger partial charge is 0.259 e. The molecule has 40 heavy (non-hydrogen) atoms. The van der Waals surface area contributed by atoms with Crippen LogP contribution in [0.4, 0.5) is 11.6 Å². The van der Waals surface area contributed by atoms with Crippen molar-refractivity contribution in [3.05, 3.63) is 112 Å². The molecule has 2 aliphatic heterocycles. The Bertz CT molecular complexity index is 1470. The highest BCUT2D eigenvalue weighted by Crippen LogP contribution is 2.30. The maximum atomic E-state index is 13.9. The van der Waals surface area contributed by atoms with E-state index in [0.717, 1.165) is 73.4 Å². The summed E-state index contributed by atoms with van der Waals surface area (Å²) in [7, 11) is 0. The number of benzene rings is 3. The molecule has 206 valence electrons. The van der Waals surface area contributed by atoms with E-state index in [1.165, 1.54) is 0 Å². The fourth-order valence-corrected chi connectivity index (χ4v) is 5.30. The van der Waals surface area contributed by atoms with Crippen molar-refractivity contribution in [3.8, 4) is 11.5 Å². The van der Waals surface area contributed by atoms with Gasteiger partial charge in [0.15, 0.2) is 0 Å². The van der Waals surface area contributed by atoms with Gasteiger partial charge >= 0.3 is 0 Å². The Hall–Kier alpha value is -3.98. The largest absolute Gasteiger partial charge is 0.457 e. The SMILES string of the molecule is Cc1nc2n(c(=O)c1Cc1ccccc1)CN(CCN1CCOCC1)CN2c1ccc(Oc2ccccc2)cc1. The number of aromatic nitrogens is 2. The minimum absolute atomic E-state index is 0.0245.